The van der Waals surface area contributed by atoms with E-state index in [1.807, 2.05) is 18.2 Å². The van der Waals surface area contributed by atoms with Crippen LogP contribution in [0.1, 0.15) is 52.0 Å². The van der Waals surface area contributed by atoms with Crippen LogP contribution in [0.4, 0.5) is 15.8 Å². The molecule has 5 aliphatic rings. The maximum absolute atomic E-state index is 15.7. The first kappa shape index (κ1) is 30.7. The number of aromatic carboxylic acids is 1. The van der Waals surface area contributed by atoms with Crippen LogP contribution in [0.5, 0.6) is 5.75 Å². The van der Waals surface area contributed by atoms with E-state index in [1.54, 1.807) is 18.2 Å². The number of anilines is 2. The molecule has 4 bridgehead atoms. The zero-order chi connectivity index (χ0) is 32.6. The van der Waals surface area contributed by atoms with Gasteiger partial charge in [-0.25, -0.2) is 9.18 Å². The number of likely N-dealkylation sites (N-methyl/N-ethyl adjacent to an activating group) is 1. The van der Waals surface area contributed by atoms with Crippen LogP contribution in [-0.2, 0) is 11.3 Å². The van der Waals surface area contributed by atoms with Crippen molar-refractivity contribution in [2.45, 2.75) is 56.4 Å². The van der Waals surface area contributed by atoms with Gasteiger partial charge in [-0.3, -0.25) is 4.79 Å². The summed E-state index contributed by atoms with van der Waals surface area (Å²) in [5.41, 5.74) is 2.99. The monoisotopic (exact) mass is 680 g/mol. The molecule has 0 spiro atoms. The highest BCUT2D eigenvalue weighted by Crippen LogP contribution is 2.44. The number of halogens is 3. The summed E-state index contributed by atoms with van der Waals surface area (Å²) in [5, 5.41) is 10.6. The summed E-state index contributed by atoms with van der Waals surface area (Å²) in [6, 6.07) is 12.6. The third-order valence-corrected chi connectivity index (χ3v) is 11.0. The number of fused-ring (bicyclic) bond motifs is 5. The van der Waals surface area contributed by atoms with E-state index < -0.39 is 11.8 Å². The van der Waals surface area contributed by atoms with Gasteiger partial charge < -0.3 is 34.2 Å². The Morgan fingerprint density at radius 3 is 2.21 bits per heavy atom. The van der Waals surface area contributed by atoms with Gasteiger partial charge in [0.15, 0.2) is 6.73 Å². The molecule has 4 unspecified atom stereocenters. The van der Waals surface area contributed by atoms with Crippen LogP contribution in [0.25, 0.3) is 11.1 Å². The van der Waals surface area contributed by atoms with Gasteiger partial charge >= 0.3 is 5.97 Å². The molecule has 4 fully saturated rings. The number of morpholine rings is 1. The standard InChI is InChI=1S/C35H35Cl2FN4O5/c1-39-14-20-5-6-21(15-39)41(20)24-9-28(36)32(29(37)10-24)34(43)40-13-19-3-2-4-25(33(19)47-18-40)26-12-31(27(35(44)45)11-30(26)38)42-22-7-8-23(42)17-46-16-22/h2-4,9-12,20-23H,5-8,13-18H2,1H3,(H,44,45). The maximum atomic E-state index is 15.7. The number of amides is 1. The van der Waals surface area contributed by atoms with Crippen molar-refractivity contribution in [2.75, 3.05) is 49.9 Å². The van der Waals surface area contributed by atoms with Crippen molar-refractivity contribution in [2.24, 2.45) is 0 Å². The van der Waals surface area contributed by atoms with Gasteiger partial charge in [0, 0.05) is 47.6 Å². The topological polar surface area (TPSA) is 85.8 Å². The Bertz CT molecular complexity index is 1740. The fourth-order valence-corrected chi connectivity index (χ4v) is 9.03. The molecule has 0 aromatic heterocycles. The lowest BCUT2D eigenvalue weighted by Gasteiger charge is -2.41. The molecule has 0 aliphatic carbocycles. The van der Waals surface area contributed by atoms with Crippen LogP contribution in [0.3, 0.4) is 0 Å². The average molecular weight is 682 g/mol. The molecule has 1 amide bonds. The van der Waals surface area contributed by atoms with Crippen molar-refractivity contribution in [1.82, 2.24) is 9.80 Å². The highest BCUT2D eigenvalue weighted by molar-refractivity contribution is 6.40. The van der Waals surface area contributed by atoms with Crippen molar-refractivity contribution >= 4 is 46.5 Å². The highest BCUT2D eigenvalue weighted by atomic mass is 35.5. The predicted molar refractivity (Wildman–Crippen MR) is 178 cm³/mol. The summed E-state index contributed by atoms with van der Waals surface area (Å²) in [6.45, 7) is 3.07. The number of hydrogen-bond acceptors (Lipinski definition) is 7. The zero-order valence-electron chi connectivity index (χ0n) is 25.9. The second-order valence-corrected chi connectivity index (χ2v) is 14.2. The molecular formula is C35H35Cl2FN4O5. The van der Waals surface area contributed by atoms with Crippen molar-refractivity contribution < 1.29 is 28.6 Å². The number of nitrogens with zero attached hydrogens (tertiary/aromatic N) is 4. The van der Waals surface area contributed by atoms with E-state index in [2.05, 4.69) is 21.7 Å². The van der Waals surface area contributed by atoms with E-state index in [-0.39, 0.29) is 48.0 Å². The minimum absolute atomic E-state index is 0.0371. The van der Waals surface area contributed by atoms with Gasteiger partial charge in [0.25, 0.3) is 5.91 Å². The van der Waals surface area contributed by atoms with Crippen molar-refractivity contribution in [3.8, 4) is 16.9 Å². The number of benzene rings is 3. The molecule has 5 aliphatic heterocycles. The van der Waals surface area contributed by atoms with Crippen molar-refractivity contribution in [3.63, 3.8) is 0 Å². The number of carboxylic acids is 1. The number of carboxylic acid groups (broad SMARTS) is 1. The number of rotatable bonds is 5. The number of piperazine rings is 1. The fraction of sp³-hybridized carbons (Fsp3) is 0.429. The van der Waals surface area contributed by atoms with Gasteiger partial charge in [0.05, 0.1) is 58.7 Å². The summed E-state index contributed by atoms with van der Waals surface area (Å²) >= 11 is 13.5. The number of ether oxygens (including phenoxy) is 2. The third-order valence-electron chi connectivity index (χ3n) is 10.4. The lowest BCUT2D eigenvalue weighted by atomic mass is 9.96. The van der Waals surface area contributed by atoms with Crippen LogP contribution < -0.4 is 14.5 Å². The minimum atomic E-state index is -1.18. The number of carbonyl (C=O) groups is 2. The van der Waals surface area contributed by atoms with E-state index >= 15 is 4.39 Å². The molecule has 0 radical (unpaired) electrons. The second kappa shape index (κ2) is 11.8. The van der Waals surface area contributed by atoms with E-state index in [0.29, 0.717) is 57.9 Å². The molecule has 4 atom stereocenters. The quantitative estimate of drug-likeness (QED) is 0.344. The van der Waals surface area contributed by atoms with Gasteiger partial charge in [-0.05, 0) is 57.0 Å². The Hall–Kier alpha value is -3.57. The summed E-state index contributed by atoms with van der Waals surface area (Å²) in [6.07, 6.45) is 4.00. The Kier molecular flexibility index (Phi) is 7.74. The summed E-state index contributed by atoms with van der Waals surface area (Å²) in [7, 11) is 2.14. The molecule has 3 aromatic carbocycles. The van der Waals surface area contributed by atoms with Gasteiger partial charge in [-0.1, -0.05) is 41.4 Å². The maximum Gasteiger partial charge on any atom is 0.337 e. The molecule has 1 N–H and O–H groups in total. The highest BCUT2D eigenvalue weighted by Gasteiger charge is 2.41. The Balaban J connectivity index is 1.08. The van der Waals surface area contributed by atoms with Crippen molar-refractivity contribution in [1.29, 1.82) is 0 Å². The van der Waals surface area contributed by atoms with Gasteiger partial charge in [-0.2, -0.15) is 0 Å². The molecular weight excluding hydrogens is 646 g/mol. The van der Waals surface area contributed by atoms with Crippen LogP contribution in [0, 0.1) is 5.82 Å². The summed E-state index contributed by atoms with van der Waals surface area (Å²) < 4.78 is 27.6. The van der Waals surface area contributed by atoms with E-state index in [4.69, 9.17) is 32.7 Å². The molecule has 8 rings (SSSR count). The lowest BCUT2D eigenvalue weighted by Crippen LogP contribution is -2.52. The van der Waals surface area contributed by atoms with Crippen LogP contribution in [-0.4, -0.2) is 91.0 Å². The molecule has 12 heteroatoms. The molecule has 5 heterocycles. The number of para-hydroxylation sites is 1. The number of carbonyl (C=O) groups excluding carboxylic acids is 1. The fourth-order valence-electron chi connectivity index (χ4n) is 8.40. The smallest absolute Gasteiger partial charge is 0.337 e. The lowest BCUT2D eigenvalue weighted by molar-refractivity contribution is 0.0516. The largest absolute Gasteiger partial charge is 0.478 e. The van der Waals surface area contributed by atoms with Crippen LogP contribution in [0.2, 0.25) is 10.0 Å². The van der Waals surface area contributed by atoms with E-state index in [1.165, 1.54) is 4.90 Å². The first-order valence-electron chi connectivity index (χ1n) is 16.1. The summed E-state index contributed by atoms with van der Waals surface area (Å²) in [4.78, 5) is 34.4. The SMILES string of the molecule is CN1CC2CCC(C1)N2c1cc(Cl)c(C(=O)N2COc3c(cccc3-c3cc(N4C5CCC4COC5)c(C(=O)O)cc3F)C2)c(Cl)c1. The molecule has 0 saturated carbocycles. The van der Waals surface area contributed by atoms with E-state index in [0.717, 1.165) is 50.5 Å². The number of likely N-dealkylation sites (tertiary alicyclic amines) is 1. The Morgan fingerprint density at radius 2 is 1.55 bits per heavy atom. The predicted octanol–water partition coefficient (Wildman–Crippen LogP) is 6.14. The Labute approximate surface area is 282 Å². The summed E-state index contributed by atoms with van der Waals surface area (Å²) in [5.74, 6) is -1.74. The third kappa shape index (κ3) is 5.21. The Morgan fingerprint density at radius 1 is 0.894 bits per heavy atom. The van der Waals surface area contributed by atoms with Crippen LogP contribution in [0.15, 0.2) is 42.5 Å². The minimum Gasteiger partial charge on any atom is -0.478 e. The molecule has 47 heavy (non-hydrogen) atoms. The number of hydrogen-bond donors (Lipinski definition) is 1. The first-order chi connectivity index (χ1) is 22.7. The van der Waals surface area contributed by atoms with E-state index in [9.17, 15) is 14.7 Å². The molecule has 4 saturated heterocycles. The van der Waals surface area contributed by atoms with Gasteiger partial charge in [0.2, 0.25) is 0 Å². The molecule has 246 valence electrons. The normalized spacial score (nSPS) is 25.1. The zero-order valence-corrected chi connectivity index (χ0v) is 27.4. The second-order valence-electron chi connectivity index (χ2n) is 13.4. The van der Waals surface area contributed by atoms with Crippen molar-refractivity contribution in [3.05, 3.63) is 75.0 Å². The van der Waals surface area contributed by atoms with Crippen LogP contribution >= 0.6 is 23.2 Å². The first-order valence-corrected chi connectivity index (χ1v) is 16.9. The molecule has 9 nitrogen and oxygen atoms in total. The molecule has 3 aromatic rings. The average Bonchev–Trinajstić information content (AvgIpc) is 3.46. The van der Waals surface area contributed by atoms with Gasteiger partial charge in [0.1, 0.15) is 11.6 Å². The van der Waals surface area contributed by atoms with Gasteiger partial charge in [-0.15, -0.1) is 0 Å².